The topological polar surface area (TPSA) is 55.6 Å². The number of carbonyl (C=O) groups excluding carboxylic acids is 1. The van der Waals surface area contributed by atoms with E-state index < -0.39 is 0 Å². The molecular weight excluding hydrogens is 316 g/mol. The first-order chi connectivity index (χ1) is 12.2. The molecule has 1 saturated carbocycles. The Morgan fingerprint density at radius 2 is 2.28 bits per heavy atom. The van der Waals surface area contributed by atoms with E-state index >= 15 is 0 Å². The molecule has 3 atom stereocenters. The lowest BCUT2D eigenvalue weighted by atomic mass is 9.79. The second-order valence-corrected chi connectivity index (χ2v) is 7.17. The van der Waals surface area contributed by atoms with Crippen LogP contribution in [0.1, 0.15) is 40.9 Å². The summed E-state index contributed by atoms with van der Waals surface area (Å²) in [5.41, 5.74) is 1.79. The van der Waals surface area contributed by atoms with Crippen molar-refractivity contribution in [3.05, 3.63) is 53.7 Å². The number of fused-ring (bicyclic) bond motifs is 1. The Hall–Kier alpha value is -2.14. The van der Waals surface area contributed by atoms with Crippen LogP contribution in [0.5, 0.6) is 0 Å². The first kappa shape index (κ1) is 16.3. The number of nitrogens with zero attached hydrogens (tertiary/aromatic N) is 2. The number of rotatable bonds is 4. The van der Waals surface area contributed by atoms with Crippen LogP contribution in [0.15, 0.2) is 41.3 Å². The molecule has 5 nitrogen and oxygen atoms in total. The van der Waals surface area contributed by atoms with E-state index in [1.807, 2.05) is 30.2 Å². The first-order valence-corrected chi connectivity index (χ1v) is 9.06. The van der Waals surface area contributed by atoms with Crippen molar-refractivity contribution in [3.63, 3.8) is 0 Å². The van der Waals surface area contributed by atoms with Crippen LogP contribution in [-0.4, -0.2) is 35.0 Å². The van der Waals surface area contributed by atoms with Crippen molar-refractivity contribution < 1.29 is 13.9 Å². The summed E-state index contributed by atoms with van der Waals surface area (Å²) < 4.78 is 11.5. The Morgan fingerprint density at radius 1 is 1.36 bits per heavy atom. The number of pyridine rings is 1. The van der Waals surface area contributed by atoms with Gasteiger partial charge in [0.25, 0.3) is 5.91 Å². The minimum atomic E-state index is 0.0895. The molecule has 1 aliphatic heterocycles. The van der Waals surface area contributed by atoms with Gasteiger partial charge in [-0.15, -0.1) is 0 Å². The molecule has 1 unspecified atom stereocenters. The molecule has 1 saturated heterocycles. The molecule has 0 radical (unpaired) electrons. The van der Waals surface area contributed by atoms with Crippen molar-refractivity contribution in [2.45, 2.75) is 38.9 Å². The number of likely N-dealkylation sites (tertiary alicyclic amines) is 1. The quantitative estimate of drug-likeness (QED) is 0.855. The molecule has 132 valence electrons. The Morgan fingerprint density at radius 3 is 3.04 bits per heavy atom. The molecule has 3 heterocycles. The standard InChI is InChI=1S/C20H24N2O3/c1-14-17(7-9-24-14)20(23)22-11-16-5-2-6-19(18(16)12-22)25-13-15-4-3-8-21-10-15/h3-4,7-10,16,18-19H,2,5-6,11-13H2,1H3/t16-,18+,19?/m1/s1. The molecule has 0 bridgehead atoms. The molecule has 4 rings (SSSR count). The molecule has 0 spiro atoms. The van der Waals surface area contributed by atoms with Gasteiger partial charge in [0.05, 0.1) is 24.5 Å². The molecule has 0 aromatic carbocycles. The number of amides is 1. The monoisotopic (exact) mass is 340 g/mol. The van der Waals surface area contributed by atoms with E-state index in [9.17, 15) is 4.79 Å². The highest BCUT2D eigenvalue weighted by molar-refractivity contribution is 5.95. The molecule has 2 aliphatic rings. The van der Waals surface area contributed by atoms with Crippen molar-refractivity contribution in [2.24, 2.45) is 11.8 Å². The molecule has 2 aromatic rings. The number of ether oxygens (including phenoxy) is 1. The number of furan rings is 1. The smallest absolute Gasteiger partial charge is 0.257 e. The molecule has 25 heavy (non-hydrogen) atoms. The van der Waals surface area contributed by atoms with Gasteiger partial charge in [0.2, 0.25) is 0 Å². The summed E-state index contributed by atoms with van der Waals surface area (Å²) in [5, 5.41) is 0. The second kappa shape index (κ2) is 7.00. The number of aromatic nitrogens is 1. The number of hydrogen-bond acceptors (Lipinski definition) is 4. The lowest BCUT2D eigenvalue weighted by Gasteiger charge is -2.32. The Bertz CT molecular complexity index is 728. The summed E-state index contributed by atoms with van der Waals surface area (Å²) in [5.74, 6) is 1.77. The van der Waals surface area contributed by atoms with E-state index in [1.54, 1.807) is 18.5 Å². The van der Waals surface area contributed by atoms with Gasteiger partial charge in [-0.3, -0.25) is 9.78 Å². The Kier molecular flexibility index (Phi) is 4.57. The lowest BCUT2D eigenvalue weighted by molar-refractivity contribution is -0.0293. The van der Waals surface area contributed by atoms with Crippen molar-refractivity contribution in [3.8, 4) is 0 Å². The van der Waals surface area contributed by atoms with Gasteiger partial charge in [-0.25, -0.2) is 0 Å². The highest BCUT2D eigenvalue weighted by atomic mass is 16.5. The summed E-state index contributed by atoms with van der Waals surface area (Å²) in [6, 6.07) is 5.75. The van der Waals surface area contributed by atoms with Crippen molar-refractivity contribution in [1.29, 1.82) is 0 Å². The van der Waals surface area contributed by atoms with Crippen LogP contribution < -0.4 is 0 Å². The second-order valence-electron chi connectivity index (χ2n) is 7.17. The number of carbonyl (C=O) groups is 1. The molecule has 2 aromatic heterocycles. The van der Waals surface area contributed by atoms with Gasteiger partial charge < -0.3 is 14.1 Å². The third-order valence-electron chi connectivity index (χ3n) is 5.60. The predicted octanol–water partition coefficient (Wildman–Crippen LogP) is 3.44. The van der Waals surface area contributed by atoms with Crippen LogP contribution in [-0.2, 0) is 11.3 Å². The van der Waals surface area contributed by atoms with Crippen LogP contribution in [0.25, 0.3) is 0 Å². The van der Waals surface area contributed by atoms with E-state index in [2.05, 4.69) is 4.98 Å². The van der Waals surface area contributed by atoms with E-state index in [4.69, 9.17) is 9.15 Å². The highest BCUT2D eigenvalue weighted by Gasteiger charge is 2.42. The van der Waals surface area contributed by atoms with E-state index in [0.29, 0.717) is 29.8 Å². The summed E-state index contributed by atoms with van der Waals surface area (Å²) in [4.78, 5) is 18.9. The Labute approximate surface area is 148 Å². The average molecular weight is 340 g/mol. The fourth-order valence-electron chi connectivity index (χ4n) is 4.26. The van der Waals surface area contributed by atoms with Gasteiger partial charge in [0.1, 0.15) is 5.76 Å². The zero-order valence-corrected chi connectivity index (χ0v) is 14.6. The first-order valence-electron chi connectivity index (χ1n) is 9.06. The molecule has 1 amide bonds. The largest absolute Gasteiger partial charge is 0.469 e. The number of aryl methyl sites for hydroxylation is 1. The van der Waals surface area contributed by atoms with Crippen LogP contribution in [0, 0.1) is 18.8 Å². The van der Waals surface area contributed by atoms with Crippen molar-refractivity contribution >= 4 is 5.91 Å². The highest BCUT2D eigenvalue weighted by Crippen LogP contribution is 2.38. The maximum atomic E-state index is 12.8. The zero-order valence-electron chi connectivity index (χ0n) is 14.6. The summed E-state index contributed by atoms with van der Waals surface area (Å²) in [6.45, 7) is 4.05. The normalized spacial score (nSPS) is 25.8. The summed E-state index contributed by atoms with van der Waals surface area (Å²) in [7, 11) is 0. The van der Waals surface area contributed by atoms with Crippen LogP contribution in [0.3, 0.4) is 0 Å². The van der Waals surface area contributed by atoms with Gasteiger partial charge in [-0.1, -0.05) is 12.5 Å². The maximum absolute atomic E-state index is 12.8. The molecular formula is C20H24N2O3. The zero-order chi connectivity index (χ0) is 17.2. The SMILES string of the molecule is Cc1occc1C(=O)N1C[C@H]2CCCC(OCc3cccnc3)[C@H]2C1. The van der Waals surface area contributed by atoms with Crippen LogP contribution >= 0.6 is 0 Å². The van der Waals surface area contributed by atoms with Gasteiger partial charge in [0, 0.05) is 31.4 Å². The lowest BCUT2D eigenvalue weighted by Crippen LogP contribution is -2.34. The molecule has 0 N–H and O–H groups in total. The third-order valence-corrected chi connectivity index (χ3v) is 5.60. The van der Waals surface area contributed by atoms with Gasteiger partial charge >= 0.3 is 0 Å². The number of hydrogen-bond donors (Lipinski definition) is 0. The van der Waals surface area contributed by atoms with Crippen molar-refractivity contribution in [1.82, 2.24) is 9.88 Å². The fourth-order valence-corrected chi connectivity index (χ4v) is 4.26. The van der Waals surface area contributed by atoms with Crippen LogP contribution in [0.4, 0.5) is 0 Å². The summed E-state index contributed by atoms with van der Waals surface area (Å²) in [6.07, 6.45) is 8.88. The van der Waals surface area contributed by atoms with E-state index in [0.717, 1.165) is 25.1 Å². The summed E-state index contributed by atoms with van der Waals surface area (Å²) >= 11 is 0. The maximum Gasteiger partial charge on any atom is 0.257 e. The molecule has 1 aliphatic carbocycles. The van der Waals surface area contributed by atoms with E-state index in [-0.39, 0.29) is 12.0 Å². The molecule has 5 heteroatoms. The van der Waals surface area contributed by atoms with Gasteiger partial charge in [0.15, 0.2) is 0 Å². The predicted molar refractivity (Wildman–Crippen MR) is 93.0 cm³/mol. The van der Waals surface area contributed by atoms with E-state index in [1.165, 1.54) is 12.8 Å². The average Bonchev–Trinajstić information content (AvgIpc) is 3.26. The van der Waals surface area contributed by atoms with Gasteiger partial charge in [-0.05, 0) is 43.4 Å². The Balaban J connectivity index is 1.41. The van der Waals surface area contributed by atoms with Crippen LogP contribution in [0.2, 0.25) is 0 Å². The minimum absolute atomic E-state index is 0.0895. The van der Waals surface area contributed by atoms with Gasteiger partial charge in [-0.2, -0.15) is 0 Å². The third kappa shape index (κ3) is 3.33. The molecule has 2 fully saturated rings. The minimum Gasteiger partial charge on any atom is -0.469 e. The van der Waals surface area contributed by atoms with Crippen molar-refractivity contribution in [2.75, 3.05) is 13.1 Å². The fraction of sp³-hybridized carbons (Fsp3) is 0.500.